The lowest BCUT2D eigenvalue weighted by Crippen LogP contribution is -2.21. The van der Waals surface area contributed by atoms with E-state index in [1.165, 1.54) is 0 Å². The molecule has 0 aliphatic heterocycles. The summed E-state index contributed by atoms with van der Waals surface area (Å²) in [6.45, 7) is 0.112. The van der Waals surface area contributed by atoms with Gasteiger partial charge in [0.1, 0.15) is 0 Å². The van der Waals surface area contributed by atoms with Gasteiger partial charge in [-0.05, 0) is 24.3 Å². The third-order valence-corrected chi connectivity index (χ3v) is 3.31. The maximum atomic E-state index is 11.9. The number of benzene rings is 2. The van der Waals surface area contributed by atoms with Crippen molar-refractivity contribution in [2.24, 2.45) is 0 Å². The standard InChI is InChI=1S/C16H17ClN2O3/c1-21-14-8-7-11(9-15(14)22-2)18-10-16(20)19-13-6-4-3-5-12(13)17/h3-9,18H,10H2,1-2H3,(H,19,20). The van der Waals surface area contributed by atoms with E-state index in [1.807, 2.05) is 12.1 Å². The number of hydrogen-bond donors (Lipinski definition) is 2. The predicted octanol–water partition coefficient (Wildman–Crippen LogP) is 3.41. The van der Waals surface area contributed by atoms with Gasteiger partial charge in [-0.1, -0.05) is 23.7 Å². The summed E-state index contributed by atoms with van der Waals surface area (Å²) in [6, 6.07) is 12.4. The molecule has 0 unspecified atom stereocenters. The van der Waals surface area contributed by atoms with Gasteiger partial charge in [0.05, 0.1) is 31.5 Å². The van der Waals surface area contributed by atoms with E-state index in [2.05, 4.69) is 10.6 Å². The van der Waals surface area contributed by atoms with Crippen LogP contribution in [0, 0.1) is 0 Å². The minimum absolute atomic E-state index is 0.112. The Morgan fingerprint density at radius 1 is 1.09 bits per heavy atom. The van der Waals surface area contributed by atoms with Crippen LogP contribution in [0.15, 0.2) is 42.5 Å². The number of nitrogens with one attached hydrogen (secondary N) is 2. The maximum absolute atomic E-state index is 11.9. The molecule has 0 fully saturated rings. The molecule has 116 valence electrons. The fourth-order valence-corrected chi connectivity index (χ4v) is 2.07. The quantitative estimate of drug-likeness (QED) is 0.856. The van der Waals surface area contributed by atoms with Gasteiger partial charge in [0.25, 0.3) is 0 Å². The van der Waals surface area contributed by atoms with E-state index < -0.39 is 0 Å². The van der Waals surface area contributed by atoms with E-state index in [4.69, 9.17) is 21.1 Å². The number of halogens is 1. The summed E-state index contributed by atoms with van der Waals surface area (Å²) >= 11 is 5.99. The van der Waals surface area contributed by atoms with E-state index in [9.17, 15) is 4.79 Å². The van der Waals surface area contributed by atoms with Crippen LogP contribution in [0.3, 0.4) is 0 Å². The second kappa shape index (κ2) is 7.56. The first kappa shape index (κ1) is 16.0. The zero-order valence-corrected chi connectivity index (χ0v) is 13.1. The molecule has 2 aromatic carbocycles. The van der Waals surface area contributed by atoms with Crippen molar-refractivity contribution >= 4 is 28.9 Å². The normalized spacial score (nSPS) is 9.95. The minimum atomic E-state index is -0.192. The Hall–Kier alpha value is -2.40. The van der Waals surface area contributed by atoms with Crippen LogP contribution in [0.25, 0.3) is 0 Å². The smallest absolute Gasteiger partial charge is 0.243 e. The number of carbonyl (C=O) groups excluding carboxylic acids is 1. The Labute approximate surface area is 134 Å². The Morgan fingerprint density at radius 3 is 2.50 bits per heavy atom. The van der Waals surface area contributed by atoms with Crippen LogP contribution in [0.1, 0.15) is 0 Å². The third-order valence-electron chi connectivity index (χ3n) is 2.98. The number of hydrogen-bond acceptors (Lipinski definition) is 4. The third kappa shape index (κ3) is 4.05. The number of carbonyl (C=O) groups is 1. The van der Waals surface area contributed by atoms with Gasteiger partial charge in [-0.15, -0.1) is 0 Å². The van der Waals surface area contributed by atoms with Gasteiger partial charge in [0.2, 0.25) is 5.91 Å². The zero-order valence-electron chi connectivity index (χ0n) is 12.4. The number of rotatable bonds is 6. The monoisotopic (exact) mass is 320 g/mol. The van der Waals surface area contributed by atoms with Gasteiger partial charge in [-0.2, -0.15) is 0 Å². The molecule has 2 rings (SSSR count). The fraction of sp³-hybridized carbons (Fsp3) is 0.188. The predicted molar refractivity (Wildman–Crippen MR) is 88.1 cm³/mol. The molecule has 0 saturated heterocycles. The second-order valence-corrected chi connectivity index (χ2v) is 4.86. The average molecular weight is 321 g/mol. The number of methoxy groups -OCH3 is 2. The van der Waals surface area contributed by atoms with Crippen LogP contribution in [0.2, 0.25) is 5.02 Å². The van der Waals surface area contributed by atoms with Crippen molar-refractivity contribution in [1.29, 1.82) is 0 Å². The highest BCUT2D eigenvalue weighted by atomic mass is 35.5. The van der Waals surface area contributed by atoms with E-state index in [0.29, 0.717) is 22.2 Å². The van der Waals surface area contributed by atoms with Gasteiger partial charge in [-0.3, -0.25) is 4.79 Å². The molecule has 22 heavy (non-hydrogen) atoms. The van der Waals surface area contributed by atoms with Gasteiger partial charge in [0, 0.05) is 11.8 Å². The molecule has 0 atom stereocenters. The molecule has 0 heterocycles. The van der Waals surface area contributed by atoms with Crippen LogP contribution in [0.5, 0.6) is 11.5 Å². The van der Waals surface area contributed by atoms with Gasteiger partial charge >= 0.3 is 0 Å². The van der Waals surface area contributed by atoms with Crippen molar-refractivity contribution < 1.29 is 14.3 Å². The summed E-state index contributed by atoms with van der Waals surface area (Å²) in [7, 11) is 3.13. The SMILES string of the molecule is COc1ccc(NCC(=O)Nc2ccccc2Cl)cc1OC. The lowest BCUT2D eigenvalue weighted by molar-refractivity contribution is -0.114. The molecule has 1 amide bonds. The van der Waals surface area contributed by atoms with Crippen molar-refractivity contribution in [3.8, 4) is 11.5 Å². The number of anilines is 2. The minimum Gasteiger partial charge on any atom is -0.493 e. The fourth-order valence-electron chi connectivity index (χ4n) is 1.89. The Bertz CT molecular complexity index is 662. The summed E-state index contributed by atoms with van der Waals surface area (Å²) in [5.41, 5.74) is 1.34. The molecule has 0 radical (unpaired) electrons. The summed E-state index contributed by atoms with van der Waals surface area (Å²) < 4.78 is 10.4. The Balaban J connectivity index is 1.95. The van der Waals surface area contributed by atoms with E-state index in [0.717, 1.165) is 5.69 Å². The van der Waals surface area contributed by atoms with Gasteiger partial charge in [0.15, 0.2) is 11.5 Å². The van der Waals surface area contributed by atoms with Crippen LogP contribution in [0.4, 0.5) is 11.4 Å². The van der Waals surface area contributed by atoms with Crippen LogP contribution in [-0.2, 0) is 4.79 Å². The summed E-state index contributed by atoms with van der Waals surface area (Å²) in [6.07, 6.45) is 0. The van der Waals surface area contributed by atoms with Crippen molar-refractivity contribution in [1.82, 2.24) is 0 Å². The van der Waals surface area contributed by atoms with Crippen molar-refractivity contribution in [3.05, 3.63) is 47.5 Å². The molecular weight excluding hydrogens is 304 g/mol. The molecule has 0 spiro atoms. The molecule has 0 aliphatic carbocycles. The molecule has 5 nitrogen and oxygen atoms in total. The summed E-state index contributed by atoms with van der Waals surface area (Å²) in [4.78, 5) is 11.9. The van der Waals surface area contributed by atoms with Crippen LogP contribution >= 0.6 is 11.6 Å². The number of ether oxygens (including phenoxy) is 2. The highest BCUT2D eigenvalue weighted by Gasteiger charge is 2.07. The molecule has 0 bridgehead atoms. The molecule has 6 heteroatoms. The maximum Gasteiger partial charge on any atom is 0.243 e. The number of amides is 1. The highest BCUT2D eigenvalue weighted by Crippen LogP contribution is 2.29. The summed E-state index contributed by atoms with van der Waals surface area (Å²) in [5.74, 6) is 1.04. The molecule has 0 aliphatic rings. The molecular formula is C16H17ClN2O3. The Morgan fingerprint density at radius 2 is 1.82 bits per heavy atom. The highest BCUT2D eigenvalue weighted by molar-refractivity contribution is 6.33. The first-order valence-electron chi connectivity index (χ1n) is 6.64. The second-order valence-electron chi connectivity index (χ2n) is 4.45. The van der Waals surface area contributed by atoms with Crippen LogP contribution in [-0.4, -0.2) is 26.7 Å². The van der Waals surface area contributed by atoms with Crippen molar-refractivity contribution in [2.75, 3.05) is 31.4 Å². The van der Waals surface area contributed by atoms with Crippen molar-refractivity contribution in [3.63, 3.8) is 0 Å². The molecule has 2 aromatic rings. The average Bonchev–Trinajstić information content (AvgIpc) is 2.54. The zero-order chi connectivity index (χ0) is 15.9. The van der Waals surface area contributed by atoms with Crippen molar-refractivity contribution in [2.45, 2.75) is 0 Å². The lowest BCUT2D eigenvalue weighted by Gasteiger charge is -2.12. The Kier molecular flexibility index (Phi) is 5.49. The van der Waals surface area contributed by atoms with Gasteiger partial charge in [-0.25, -0.2) is 0 Å². The lowest BCUT2D eigenvalue weighted by atomic mass is 10.2. The summed E-state index contributed by atoms with van der Waals surface area (Å²) in [5, 5.41) is 6.26. The molecule has 0 saturated carbocycles. The topological polar surface area (TPSA) is 59.6 Å². The van der Waals surface area contributed by atoms with E-state index >= 15 is 0 Å². The first-order valence-corrected chi connectivity index (χ1v) is 7.02. The van der Waals surface area contributed by atoms with Gasteiger partial charge < -0.3 is 20.1 Å². The van der Waals surface area contributed by atoms with Crippen LogP contribution < -0.4 is 20.1 Å². The van der Waals surface area contributed by atoms with E-state index in [-0.39, 0.29) is 12.5 Å². The first-order chi connectivity index (χ1) is 10.6. The van der Waals surface area contributed by atoms with E-state index in [1.54, 1.807) is 44.6 Å². The molecule has 2 N–H and O–H groups in total. The molecule has 0 aromatic heterocycles. The largest absolute Gasteiger partial charge is 0.493 e. The number of para-hydroxylation sites is 1.